The first kappa shape index (κ1) is 56.4. The van der Waals surface area contributed by atoms with Gasteiger partial charge in [0.1, 0.15) is 47.3 Å². The molecule has 1 heterocycles. The molecule has 0 aromatic heterocycles. The van der Waals surface area contributed by atoms with E-state index in [1.807, 2.05) is 0 Å². The van der Waals surface area contributed by atoms with Crippen molar-refractivity contribution in [2.75, 3.05) is 7.05 Å². The number of nitrogens with one attached hydrogen (secondary N) is 8. The van der Waals surface area contributed by atoms with Gasteiger partial charge < -0.3 is 64.2 Å². The Balaban J connectivity index is 3.75. The van der Waals surface area contributed by atoms with E-state index in [0.717, 1.165) is 0 Å². The lowest BCUT2D eigenvalue weighted by Gasteiger charge is -2.34. The van der Waals surface area contributed by atoms with Crippen molar-refractivity contribution >= 4 is 59.1 Å². The molecule has 22 heteroatoms. The zero-order valence-corrected chi connectivity index (χ0v) is 38.6. The number of aliphatic hydroxyl groups is 1. The largest absolute Gasteiger partial charge is 0.481 e. The van der Waals surface area contributed by atoms with Gasteiger partial charge in [-0.25, -0.2) is 0 Å². The highest BCUT2D eigenvalue weighted by Crippen LogP contribution is 2.20. The molecule has 0 radical (unpaired) electrons. The first-order valence-corrected chi connectivity index (χ1v) is 21.7. The van der Waals surface area contributed by atoms with Crippen molar-refractivity contribution < 1.29 is 58.2 Å². The Morgan fingerprint density at radius 3 is 1.97 bits per heavy atom. The first-order chi connectivity index (χ1) is 29.7. The Hall–Kier alpha value is -5.64. The van der Waals surface area contributed by atoms with Crippen LogP contribution in [0.15, 0.2) is 12.2 Å². The number of carboxylic acids is 1. The fraction of sp³-hybridized carbons (Fsp3) is 0.714. The summed E-state index contributed by atoms with van der Waals surface area (Å²) in [6, 6.07) is -8.26. The fourth-order valence-electron chi connectivity index (χ4n) is 6.65. The third-order valence-corrected chi connectivity index (χ3v) is 11.2. The van der Waals surface area contributed by atoms with Crippen molar-refractivity contribution in [3.8, 4) is 0 Å². The summed E-state index contributed by atoms with van der Waals surface area (Å²) in [5, 5.41) is 40.1. The molecule has 0 aromatic rings. The van der Waals surface area contributed by atoms with Gasteiger partial charge in [-0.3, -0.25) is 47.9 Å². The normalized spacial score (nSPS) is 26.0. The minimum Gasteiger partial charge on any atom is -0.481 e. The van der Waals surface area contributed by atoms with Crippen LogP contribution < -0.4 is 54.0 Å². The first-order valence-electron chi connectivity index (χ1n) is 21.7. The molecule has 1 aliphatic rings. The molecule has 9 amide bonds. The van der Waals surface area contributed by atoms with Gasteiger partial charge in [-0.1, -0.05) is 46.3 Å². The summed E-state index contributed by atoms with van der Waals surface area (Å²) in [5.41, 5.74) is 7.62. The van der Waals surface area contributed by atoms with Crippen LogP contribution in [0.1, 0.15) is 120 Å². The van der Waals surface area contributed by atoms with E-state index in [1.54, 1.807) is 39.8 Å². The van der Waals surface area contributed by atoms with E-state index in [-0.39, 0.29) is 31.6 Å². The van der Waals surface area contributed by atoms with Gasteiger partial charge in [0.05, 0.1) is 12.5 Å². The standard InChI is InChI=1S/C42H72N10O12/c1-10-23(4)32-38(62)48-27(21-29(55)56)35(59)52-42(8,40(64)50-31(22(2)3)37(61)45-9)20-16-14-12-11-13-15-19-41(7,39(63)46-24(5)33(57)49-32)51-34(58)26(17-18-28(43)54)47-36(60)30(44)25(6)53/h11-12,22-27,30-32,53H,10,13-21,44H2,1-9H3,(H2,43,54)(H,45,61)(H,46,63)(H,47,60)(H,48,62)(H,49,57)(H,50,64)(H,51,58)(H,52,59)(H,55,56)/b12-11+/t23-,24-,25+,26-,27-,30+,31-,32-,41-,42-/m0/s1. The number of likely N-dealkylation sites (N-methyl/N-ethyl adjacent to an activating group) is 1. The fourth-order valence-corrected chi connectivity index (χ4v) is 6.65. The summed E-state index contributed by atoms with van der Waals surface area (Å²) < 4.78 is 0. The number of carbonyl (C=O) groups is 10. The number of carbonyl (C=O) groups excluding carboxylic acids is 9. The van der Waals surface area contributed by atoms with Crippen LogP contribution in [0.3, 0.4) is 0 Å². The van der Waals surface area contributed by atoms with Crippen LogP contribution in [0, 0.1) is 11.8 Å². The maximum Gasteiger partial charge on any atom is 0.305 e. The van der Waals surface area contributed by atoms with Gasteiger partial charge in [0.2, 0.25) is 53.2 Å². The maximum absolute atomic E-state index is 14.1. The molecule has 0 fully saturated rings. The number of hydrogen-bond acceptors (Lipinski definition) is 12. The second-order valence-corrected chi connectivity index (χ2v) is 17.3. The van der Waals surface area contributed by atoms with Crippen molar-refractivity contribution in [1.82, 2.24) is 42.5 Å². The molecule has 1 aliphatic heterocycles. The minimum atomic E-state index is -1.75. The lowest BCUT2D eigenvalue weighted by Crippen LogP contribution is -2.65. The summed E-state index contributed by atoms with van der Waals surface area (Å²) in [5.74, 6) is -9.81. The molecule has 0 aromatic carbocycles. The van der Waals surface area contributed by atoms with E-state index in [1.165, 1.54) is 34.7 Å². The van der Waals surface area contributed by atoms with E-state index < -0.39 is 125 Å². The number of allylic oxidation sites excluding steroid dienone is 2. The molecule has 14 N–H and O–H groups in total. The second kappa shape index (κ2) is 26.2. The Bertz CT molecular complexity index is 1720. The third-order valence-electron chi connectivity index (χ3n) is 11.2. The molecule has 10 atom stereocenters. The summed E-state index contributed by atoms with van der Waals surface area (Å²) in [4.78, 5) is 132. The predicted molar refractivity (Wildman–Crippen MR) is 234 cm³/mol. The molecule has 22 nitrogen and oxygen atoms in total. The average Bonchev–Trinajstić information content (AvgIpc) is 3.21. The summed E-state index contributed by atoms with van der Waals surface area (Å²) in [7, 11) is 1.41. The van der Waals surface area contributed by atoms with Crippen LogP contribution >= 0.6 is 0 Å². The van der Waals surface area contributed by atoms with E-state index >= 15 is 0 Å². The Labute approximate surface area is 374 Å². The number of nitrogens with two attached hydrogens (primary N) is 2. The lowest BCUT2D eigenvalue weighted by molar-refractivity contribution is -0.143. The summed E-state index contributed by atoms with van der Waals surface area (Å²) >= 11 is 0. The van der Waals surface area contributed by atoms with Crippen molar-refractivity contribution in [1.29, 1.82) is 0 Å². The van der Waals surface area contributed by atoms with Crippen LogP contribution in [0.4, 0.5) is 0 Å². The molecular weight excluding hydrogens is 837 g/mol. The van der Waals surface area contributed by atoms with Crippen LogP contribution in [0.2, 0.25) is 0 Å². The number of primary amides is 1. The Kier molecular flexibility index (Phi) is 23.1. The van der Waals surface area contributed by atoms with Crippen molar-refractivity contribution in [2.45, 2.75) is 173 Å². The predicted octanol–water partition coefficient (Wildman–Crippen LogP) is -2.01. The smallest absolute Gasteiger partial charge is 0.305 e. The zero-order chi connectivity index (χ0) is 49.1. The van der Waals surface area contributed by atoms with Gasteiger partial charge in [-0.15, -0.1) is 0 Å². The van der Waals surface area contributed by atoms with Gasteiger partial charge in [0.15, 0.2) is 0 Å². The quantitative estimate of drug-likeness (QED) is 0.0746. The molecule has 0 bridgehead atoms. The van der Waals surface area contributed by atoms with Gasteiger partial charge in [0.25, 0.3) is 0 Å². The number of hydrogen-bond donors (Lipinski definition) is 12. The van der Waals surface area contributed by atoms with E-state index in [4.69, 9.17) is 11.5 Å². The molecule has 1 rings (SSSR count). The highest BCUT2D eigenvalue weighted by molar-refractivity contribution is 6.00. The highest BCUT2D eigenvalue weighted by Gasteiger charge is 2.42. The van der Waals surface area contributed by atoms with Gasteiger partial charge >= 0.3 is 5.97 Å². The van der Waals surface area contributed by atoms with E-state index in [0.29, 0.717) is 32.1 Å². The van der Waals surface area contributed by atoms with Crippen molar-refractivity contribution in [3.05, 3.63) is 12.2 Å². The highest BCUT2D eigenvalue weighted by atomic mass is 16.4. The lowest BCUT2D eigenvalue weighted by atomic mass is 9.91. The summed E-state index contributed by atoms with van der Waals surface area (Å²) in [6.07, 6.45) is 2.46. The number of amides is 9. The monoisotopic (exact) mass is 909 g/mol. The molecule has 0 spiro atoms. The van der Waals surface area contributed by atoms with E-state index in [9.17, 15) is 58.2 Å². The number of rotatable bonds is 16. The van der Waals surface area contributed by atoms with Crippen LogP contribution in [-0.4, -0.2) is 130 Å². The SMILES string of the molecule is CC[C@H](C)[C@@H]1NC(=O)[C@H](C)NC(=O)[C@@](C)(NC(=O)[C@H](CCC(N)=O)NC(=O)[C@H](N)[C@@H](C)O)CCC/C=C/CCC[C@@](C)(C(=O)N[C@H](C(=O)NC)C(C)C)NC(=O)[C@H](CC(=O)O)NC1=O. The number of aliphatic hydroxyl groups excluding tert-OH is 1. The number of aliphatic carboxylic acids is 1. The molecular formula is C42H72N10O12. The van der Waals surface area contributed by atoms with Crippen molar-refractivity contribution in [3.63, 3.8) is 0 Å². The molecule has 64 heavy (non-hydrogen) atoms. The number of carboxylic acid groups (broad SMARTS) is 1. The molecule has 0 aliphatic carbocycles. The van der Waals surface area contributed by atoms with Crippen molar-refractivity contribution in [2.24, 2.45) is 23.3 Å². The maximum atomic E-state index is 14.1. The third kappa shape index (κ3) is 17.9. The van der Waals surface area contributed by atoms with Crippen LogP contribution in [-0.2, 0) is 47.9 Å². The summed E-state index contributed by atoms with van der Waals surface area (Å²) in [6.45, 7) is 12.2. The van der Waals surface area contributed by atoms with Crippen LogP contribution in [0.25, 0.3) is 0 Å². The van der Waals surface area contributed by atoms with Gasteiger partial charge in [-0.05, 0) is 84.5 Å². The Morgan fingerprint density at radius 2 is 1.45 bits per heavy atom. The zero-order valence-electron chi connectivity index (χ0n) is 38.6. The Morgan fingerprint density at radius 1 is 0.859 bits per heavy atom. The van der Waals surface area contributed by atoms with Crippen LogP contribution in [0.5, 0.6) is 0 Å². The van der Waals surface area contributed by atoms with E-state index in [2.05, 4.69) is 42.5 Å². The molecule has 0 saturated carbocycles. The molecule has 0 saturated heterocycles. The minimum absolute atomic E-state index is 0.00447. The van der Waals surface area contributed by atoms with Gasteiger partial charge in [0, 0.05) is 13.5 Å². The topological polar surface area (TPSA) is 359 Å². The average molecular weight is 909 g/mol. The molecule has 0 unspecified atom stereocenters. The second-order valence-electron chi connectivity index (χ2n) is 17.3. The van der Waals surface area contributed by atoms with Gasteiger partial charge in [-0.2, -0.15) is 0 Å². The molecule has 362 valence electrons.